The molecule has 19 heavy (non-hydrogen) atoms. The monoisotopic (exact) mass is 260 g/mol. The van der Waals surface area contributed by atoms with Crippen molar-refractivity contribution in [1.29, 1.82) is 0 Å². The summed E-state index contributed by atoms with van der Waals surface area (Å²) in [5.74, 6) is 1.98. The highest BCUT2D eigenvalue weighted by Crippen LogP contribution is 2.26. The van der Waals surface area contributed by atoms with Gasteiger partial charge >= 0.3 is 7.12 Å². The van der Waals surface area contributed by atoms with E-state index in [1.165, 1.54) is 0 Å². The molecule has 3 heteroatoms. The highest BCUT2D eigenvalue weighted by molar-refractivity contribution is 6.52. The van der Waals surface area contributed by atoms with Crippen molar-refractivity contribution in [3.05, 3.63) is 41.9 Å². The smallest absolute Gasteiger partial charge is 0.405 e. The first-order valence-electron chi connectivity index (χ1n) is 7.12. The Hall–Kier alpha value is -1.06. The molecule has 0 bridgehead atoms. The van der Waals surface area contributed by atoms with E-state index in [1.54, 1.807) is 0 Å². The Bertz CT molecular complexity index is 387. The SMILES string of the molecule is CC.CC1CC(C)(C)OB(/C=C/c2ccccc2)O1. The van der Waals surface area contributed by atoms with E-state index < -0.39 is 0 Å². The van der Waals surface area contributed by atoms with Crippen LogP contribution in [-0.2, 0) is 9.31 Å². The molecule has 0 saturated carbocycles. The summed E-state index contributed by atoms with van der Waals surface area (Å²) in [5, 5.41) is 0. The van der Waals surface area contributed by atoms with Gasteiger partial charge in [0, 0.05) is 6.10 Å². The summed E-state index contributed by atoms with van der Waals surface area (Å²) in [6, 6.07) is 10.2. The average Bonchev–Trinajstić information content (AvgIpc) is 2.38. The molecule has 1 aromatic rings. The molecule has 1 aliphatic heterocycles. The van der Waals surface area contributed by atoms with Crippen molar-refractivity contribution < 1.29 is 9.31 Å². The van der Waals surface area contributed by atoms with Gasteiger partial charge in [-0.3, -0.25) is 0 Å². The molecule has 2 rings (SSSR count). The standard InChI is InChI=1S/C14H19BO2.C2H6/c1-12-11-14(2,3)17-15(16-12)10-9-13-7-5-4-6-8-13;1-2/h4-10,12H,11H2,1-3H3;1-2H3/b10-9+;. The van der Waals surface area contributed by atoms with Crippen LogP contribution >= 0.6 is 0 Å². The Morgan fingerprint density at radius 3 is 2.42 bits per heavy atom. The highest BCUT2D eigenvalue weighted by Gasteiger charge is 2.35. The molecule has 1 aliphatic rings. The summed E-state index contributed by atoms with van der Waals surface area (Å²) in [7, 11) is -0.242. The fraction of sp³-hybridized carbons (Fsp3) is 0.500. The van der Waals surface area contributed by atoms with Crippen LogP contribution in [0.5, 0.6) is 0 Å². The minimum Gasteiger partial charge on any atom is -0.405 e. The van der Waals surface area contributed by atoms with Crippen molar-refractivity contribution in [3.8, 4) is 0 Å². The van der Waals surface area contributed by atoms with Crippen molar-refractivity contribution in [2.45, 2.75) is 52.7 Å². The van der Waals surface area contributed by atoms with Gasteiger partial charge in [0.05, 0.1) is 5.60 Å². The van der Waals surface area contributed by atoms with Gasteiger partial charge < -0.3 is 9.31 Å². The lowest BCUT2D eigenvalue weighted by Crippen LogP contribution is -2.45. The van der Waals surface area contributed by atoms with Crippen LogP contribution in [0.4, 0.5) is 0 Å². The predicted molar refractivity (Wildman–Crippen MR) is 82.9 cm³/mol. The molecule has 1 saturated heterocycles. The third-order valence-corrected chi connectivity index (χ3v) is 2.83. The molecule has 0 aliphatic carbocycles. The molecule has 0 radical (unpaired) electrons. The topological polar surface area (TPSA) is 18.5 Å². The molecule has 1 atom stereocenters. The maximum Gasteiger partial charge on any atom is 0.486 e. The van der Waals surface area contributed by atoms with E-state index in [0.717, 1.165) is 12.0 Å². The largest absolute Gasteiger partial charge is 0.486 e. The normalized spacial score (nSPS) is 21.9. The van der Waals surface area contributed by atoms with Crippen LogP contribution < -0.4 is 0 Å². The second kappa shape index (κ2) is 7.51. The Kier molecular flexibility index (Phi) is 6.33. The van der Waals surface area contributed by atoms with Crippen LogP contribution in [0, 0.1) is 0 Å². The number of hydrogen-bond donors (Lipinski definition) is 0. The van der Waals surface area contributed by atoms with Crippen LogP contribution in [0.1, 0.15) is 46.6 Å². The van der Waals surface area contributed by atoms with Gasteiger partial charge in [0.25, 0.3) is 0 Å². The zero-order chi connectivity index (χ0) is 14.3. The van der Waals surface area contributed by atoms with E-state index in [1.807, 2.05) is 44.1 Å². The van der Waals surface area contributed by atoms with Crippen LogP contribution in [0.15, 0.2) is 36.3 Å². The number of rotatable bonds is 2. The molecule has 0 aromatic heterocycles. The number of hydrogen-bond acceptors (Lipinski definition) is 2. The molecular weight excluding hydrogens is 235 g/mol. The predicted octanol–water partition coefficient (Wildman–Crippen LogP) is 4.36. The molecule has 1 heterocycles. The lowest BCUT2D eigenvalue weighted by molar-refractivity contribution is -0.0235. The zero-order valence-electron chi connectivity index (χ0n) is 12.7. The first kappa shape index (κ1) is 16.0. The van der Waals surface area contributed by atoms with Crippen LogP contribution in [0.3, 0.4) is 0 Å². The van der Waals surface area contributed by atoms with Crippen LogP contribution in [-0.4, -0.2) is 18.8 Å². The lowest BCUT2D eigenvalue weighted by Gasteiger charge is -2.37. The highest BCUT2D eigenvalue weighted by atomic mass is 16.6. The molecular formula is C16H25BO2. The van der Waals surface area contributed by atoms with Crippen LogP contribution in [0.25, 0.3) is 6.08 Å². The fourth-order valence-corrected chi connectivity index (χ4v) is 2.20. The first-order valence-corrected chi connectivity index (χ1v) is 7.12. The molecule has 0 N–H and O–H groups in total. The van der Waals surface area contributed by atoms with E-state index in [0.29, 0.717) is 0 Å². The van der Waals surface area contributed by atoms with Crippen molar-refractivity contribution in [1.82, 2.24) is 0 Å². The minimum absolute atomic E-state index is 0.108. The minimum atomic E-state index is -0.242. The Labute approximate surface area is 118 Å². The van der Waals surface area contributed by atoms with Gasteiger partial charge in [0.1, 0.15) is 0 Å². The van der Waals surface area contributed by atoms with Gasteiger partial charge in [-0.15, -0.1) is 0 Å². The van der Waals surface area contributed by atoms with E-state index in [2.05, 4.69) is 32.9 Å². The molecule has 1 aromatic carbocycles. The van der Waals surface area contributed by atoms with E-state index in [-0.39, 0.29) is 18.8 Å². The van der Waals surface area contributed by atoms with Gasteiger partial charge in [-0.25, -0.2) is 0 Å². The zero-order valence-corrected chi connectivity index (χ0v) is 12.7. The molecule has 0 amide bonds. The van der Waals surface area contributed by atoms with Gasteiger partial charge in [-0.2, -0.15) is 0 Å². The molecule has 1 unspecified atom stereocenters. The summed E-state index contributed by atoms with van der Waals surface area (Å²) < 4.78 is 11.6. The second-order valence-electron chi connectivity index (χ2n) is 5.17. The summed E-state index contributed by atoms with van der Waals surface area (Å²) in [6.07, 6.45) is 3.21. The third kappa shape index (κ3) is 5.62. The van der Waals surface area contributed by atoms with E-state index in [4.69, 9.17) is 9.31 Å². The molecule has 0 spiro atoms. The molecule has 104 valence electrons. The maximum absolute atomic E-state index is 5.86. The Morgan fingerprint density at radius 1 is 1.21 bits per heavy atom. The number of benzene rings is 1. The Morgan fingerprint density at radius 2 is 1.84 bits per heavy atom. The van der Waals surface area contributed by atoms with Gasteiger partial charge in [-0.05, 0) is 32.8 Å². The van der Waals surface area contributed by atoms with E-state index in [9.17, 15) is 0 Å². The van der Waals surface area contributed by atoms with Gasteiger partial charge in [0.15, 0.2) is 0 Å². The van der Waals surface area contributed by atoms with Gasteiger partial charge in [-0.1, -0.05) is 56.2 Å². The van der Waals surface area contributed by atoms with Crippen molar-refractivity contribution in [3.63, 3.8) is 0 Å². The second-order valence-corrected chi connectivity index (χ2v) is 5.17. The van der Waals surface area contributed by atoms with Crippen molar-refractivity contribution in [2.24, 2.45) is 0 Å². The summed E-state index contributed by atoms with van der Waals surface area (Å²) in [5.41, 5.74) is 1.05. The quantitative estimate of drug-likeness (QED) is 0.735. The summed E-state index contributed by atoms with van der Waals surface area (Å²) in [4.78, 5) is 0. The third-order valence-electron chi connectivity index (χ3n) is 2.83. The van der Waals surface area contributed by atoms with Gasteiger partial charge in [0.2, 0.25) is 0 Å². The maximum atomic E-state index is 5.86. The lowest BCUT2D eigenvalue weighted by atomic mass is 9.82. The first-order chi connectivity index (χ1) is 9.05. The average molecular weight is 260 g/mol. The summed E-state index contributed by atoms with van der Waals surface area (Å²) >= 11 is 0. The van der Waals surface area contributed by atoms with Crippen molar-refractivity contribution in [2.75, 3.05) is 0 Å². The molecule has 2 nitrogen and oxygen atoms in total. The van der Waals surface area contributed by atoms with E-state index >= 15 is 0 Å². The van der Waals surface area contributed by atoms with Crippen LogP contribution in [0.2, 0.25) is 0 Å². The molecule has 1 fully saturated rings. The fourth-order valence-electron chi connectivity index (χ4n) is 2.20. The summed E-state index contributed by atoms with van der Waals surface area (Å²) in [6.45, 7) is 10.3. The van der Waals surface area contributed by atoms with Crippen molar-refractivity contribution >= 4 is 13.2 Å². The Balaban J connectivity index is 0.000000861.